The first-order valence-corrected chi connectivity index (χ1v) is 12.7. The van der Waals surface area contributed by atoms with Gasteiger partial charge in [-0.15, -0.1) is 0 Å². The zero-order valence-electron chi connectivity index (χ0n) is 21.0. The van der Waals surface area contributed by atoms with Gasteiger partial charge in [0.05, 0.1) is 22.8 Å². The van der Waals surface area contributed by atoms with E-state index in [2.05, 4.69) is 5.16 Å². The van der Waals surface area contributed by atoms with Crippen LogP contribution in [0.15, 0.2) is 40.9 Å². The van der Waals surface area contributed by atoms with Crippen LogP contribution in [0.1, 0.15) is 67.9 Å². The molecular weight excluding hydrogens is 500 g/mol. The van der Waals surface area contributed by atoms with E-state index in [0.717, 1.165) is 34.5 Å². The average molecular weight is 527 g/mol. The number of amides is 1. The fourth-order valence-electron chi connectivity index (χ4n) is 5.96. The summed E-state index contributed by atoms with van der Waals surface area (Å²) >= 11 is 0. The Morgan fingerprint density at radius 1 is 1.00 bits per heavy atom. The quantitative estimate of drug-likeness (QED) is 0.264. The lowest BCUT2D eigenvalue weighted by Crippen LogP contribution is -2.32. The van der Waals surface area contributed by atoms with Gasteiger partial charge >= 0.3 is 0 Å². The van der Waals surface area contributed by atoms with Crippen LogP contribution in [0.3, 0.4) is 0 Å². The van der Waals surface area contributed by atoms with Crippen LogP contribution in [0.5, 0.6) is 0 Å². The lowest BCUT2D eigenvalue weighted by Gasteiger charge is -2.32. The van der Waals surface area contributed by atoms with Crippen molar-refractivity contribution >= 4 is 22.6 Å². The van der Waals surface area contributed by atoms with E-state index in [1.165, 1.54) is 11.0 Å². The monoisotopic (exact) mass is 526 g/mol. The molecule has 0 unspecified atom stereocenters. The summed E-state index contributed by atoms with van der Waals surface area (Å²) in [6.45, 7) is 3.68. The fourth-order valence-corrected chi connectivity index (χ4v) is 5.96. The predicted molar refractivity (Wildman–Crippen MR) is 133 cm³/mol. The van der Waals surface area contributed by atoms with Gasteiger partial charge in [0, 0.05) is 42.6 Å². The summed E-state index contributed by atoms with van der Waals surface area (Å²) in [5.74, 6) is -3.76. The molecule has 1 amide bonds. The van der Waals surface area contributed by atoms with Crippen LogP contribution in [0.4, 0.5) is 23.2 Å². The van der Waals surface area contributed by atoms with Gasteiger partial charge < -0.3 is 14.0 Å². The number of hydrogen-bond acceptors (Lipinski definition) is 4. The second-order valence-corrected chi connectivity index (χ2v) is 10.2. The lowest BCUT2D eigenvalue weighted by atomic mass is 9.91. The number of aromatic nitrogens is 3. The minimum atomic E-state index is -2.70. The molecule has 198 valence electrons. The van der Waals surface area contributed by atoms with Gasteiger partial charge in [0.25, 0.3) is 0 Å². The summed E-state index contributed by atoms with van der Waals surface area (Å²) in [7, 11) is 0. The van der Waals surface area contributed by atoms with Gasteiger partial charge in [-0.25, -0.2) is 22.5 Å². The third-order valence-corrected chi connectivity index (χ3v) is 7.78. The molecule has 1 aliphatic carbocycles. The van der Waals surface area contributed by atoms with Gasteiger partial charge in [-0.3, -0.25) is 4.79 Å². The molecule has 2 aliphatic rings. The van der Waals surface area contributed by atoms with Gasteiger partial charge in [0.15, 0.2) is 11.6 Å². The minimum absolute atomic E-state index is 0.208. The van der Waals surface area contributed by atoms with Crippen LogP contribution < -0.4 is 4.90 Å². The SMILES string of the molecule is Cc1noc(C)c1-c1ccc2c(c1)nc([C@@H]1CCC(=O)N1c1ccc(F)c(F)c1)n2C1CCC(F)(F)CC1. The summed E-state index contributed by atoms with van der Waals surface area (Å²) in [5, 5.41) is 4.04. The highest BCUT2D eigenvalue weighted by molar-refractivity contribution is 5.96. The Morgan fingerprint density at radius 3 is 2.45 bits per heavy atom. The second kappa shape index (κ2) is 8.96. The molecule has 2 aromatic heterocycles. The van der Waals surface area contributed by atoms with Crippen molar-refractivity contribution < 1.29 is 26.9 Å². The van der Waals surface area contributed by atoms with E-state index in [-0.39, 0.29) is 49.7 Å². The summed E-state index contributed by atoms with van der Waals surface area (Å²) < 4.78 is 63.2. The van der Waals surface area contributed by atoms with Crippen molar-refractivity contribution in [3.05, 3.63) is 65.3 Å². The van der Waals surface area contributed by atoms with Crippen LogP contribution in [0.25, 0.3) is 22.2 Å². The van der Waals surface area contributed by atoms with Crippen LogP contribution in [0, 0.1) is 25.5 Å². The Hall–Kier alpha value is -3.69. The van der Waals surface area contributed by atoms with E-state index in [1.807, 2.05) is 36.6 Å². The van der Waals surface area contributed by atoms with E-state index >= 15 is 0 Å². The van der Waals surface area contributed by atoms with Crippen molar-refractivity contribution in [3.8, 4) is 11.1 Å². The molecule has 6 nitrogen and oxygen atoms in total. The molecule has 0 spiro atoms. The van der Waals surface area contributed by atoms with Crippen LogP contribution in [-0.2, 0) is 4.79 Å². The van der Waals surface area contributed by atoms with Crippen LogP contribution in [0.2, 0.25) is 0 Å². The normalized spacial score (nSPS) is 20.1. The predicted octanol–water partition coefficient (Wildman–Crippen LogP) is 7.20. The number of aryl methyl sites for hydroxylation is 2. The van der Waals surface area contributed by atoms with Gasteiger partial charge in [-0.05, 0) is 62.9 Å². The van der Waals surface area contributed by atoms with Crippen LogP contribution >= 0.6 is 0 Å². The maximum absolute atomic E-state index is 14.1. The molecule has 1 atom stereocenters. The number of imidazole rings is 1. The smallest absolute Gasteiger partial charge is 0.248 e. The van der Waals surface area contributed by atoms with Gasteiger partial charge in [0.2, 0.25) is 11.8 Å². The standard InChI is InChI=1S/C28H26F4N4O2/c1-15-26(16(2)38-34-15)17-3-6-23-22(13-17)33-27(36(23)18-9-11-28(31,32)12-10-18)24-7-8-25(37)35(24)19-4-5-20(29)21(30)14-19/h3-6,13-14,18,24H,7-12H2,1-2H3/t24-/m0/s1. The first-order valence-electron chi connectivity index (χ1n) is 12.7. The number of carbonyl (C=O) groups excluding carboxylic acids is 1. The van der Waals surface area contributed by atoms with Crippen molar-refractivity contribution in [1.82, 2.24) is 14.7 Å². The molecule has 1 aliphatic heterocycles. The van der Waals surface area contributed by atoms with Crippen molar-refractivity contribution in [1.29, 1.82) is 0 Å². The van der Waals surface area contributed by atoms with E-state index < -0.39 is 23.6 Å². The van der Waals surface area contributed by atoms with E-state index in [1.54, 1.807) is 0 Å². The molecular formula is C28H26F4N4O2. The van der Waals surface area contributed by atoms with Gasteiger partial charge in [0.1, 0.15) is 11.6 Å². The number of carbonyl (C=O) groups is 1. The lowest BCUT2D eigenvalue weighted by molar-refractivity contribution is -0.117. The van der Waals surface area contributed by atoms with Crippen molar-refractivity contribution in [2.75, 3.05) is 4.90 Å². The summed E-state index contributed by atoms with van der Waals surface area (Å²) in [5.41, 5.74) is 4.12. The molecule has 3 heterocycles. The third kappa shape index (κ3) is 4.06. The maximum Gasteiger partial charge on any atom is 0.248 e. The zero-order chi connectivity index (χ0) is 26.8. The maximum atomic E-state index is 14.1. The fraction of sp³-hybridized carbons (Fsp3) is 0.393. The molecule has 0 bridgehead atoms. The molecule has 2 aromatic carbocycles. The molecule has 2 fully saturated rings. The first-order chi connectivity index (χ1) is 18.1. The van der Waals surface area contributed by atoms with E-state index in [9.17, 15) is 22.4 Å². The number of rotatable bonds is 4. The molecule has 10 heteroatoms. The Balaban J connectivity index is 1.50. The molecule has 0 radical (unpaired) electrons. The topological polar surface area (TPSA) is 64.2 Å². The van der Waals surface area contributed by atoms with Crippen molar-refractivity contribution in [3.63, 3.8) is 0 Å². The minimum Gasteiger partial charge on any atom is -0.361 e. The number of anilines is 1. The zero-order valence-corrected chi connectivity index (χ0v) is 21.0. The number of halogens is 4. The molecule has 4 aromatic rings. The summed E-state index contributed by atoms with van der Waals surface area (Å²) in [4.78, 5) is 19.4. The highest BCUT2D eigenvalue weighted by Crippen LogP contribution is 2.44. The highest BCUT2D eigenvalue weighted by atomic mass is 19.3. The third-order valence-electron chi connectivity index (χ3n) is 7.78. The Kier molecular flexibility index (Phi) is 5.81. The van der Waals surface area contributed by atoms with E-state index in [0.29, 0.717) is 23.5 Å². The van der Waals surface area contributed by atoms with E-state index in [4.69, 9.17) is 9.51 Å². The Morgan fingerprint density at radius 2 is 1.76 bits per heavy atom. The highest BCUT2D eigenvalue weighted by Gasteiger charge is 2.41. The number of hydrogen-bond donors (Lipinski definition) is 0. The molecule has 0 N–H and O–H groups in total. The van der Waals surface area contributed by atoms with Crippen molar-refractivity contribution in [2.45, 2.75) is 70.4 Å². The number of benzene rings is 2. The molecule has 1 saturated carbocycles. The largest absolute Gasteiger partial charge is 0.361 e. The average Bonchev–Trinajstić information content (AvgIpc) is 3.55. The Bertz CT molecular complexity index is 1530. The summed E-state index contributed by atoms with van der Waals surface area (Å²) in [6, 6.07) is 8.35. The van der Waals surface area contributed by atoms with Crippen molar-refractivity contribution in [2.24, 2.45) is 0 Å². The molecule has 1 saturated heterocycles. The van der Waals surface area contributed by atoms with Crippen LogP contribution in [-0.4, -0.2) is 26.5 Å². The number of nitrogens with zero attached hydrogens (tertiary/aromatic N) is 4. The second-order valence-electron chi connectivity index (χ2n) is 10.2. The Labute approximate surface area is 216 Å². The number of fused-ring (bicyclic) bond motifs is 1. The van der Waals surface area contributed by atoms with Gasteiger partial charge in [-0.2, -0.15) is 0 Å². The first kappa shape index (κ1) is 24.6. The molecule has 38 heavy (non-hydrogen) atoms. The number of alkyl halides is 2. The van der Waals surface area contributed by atoms with Gasteiger partial charge in [-0.1, -0.05) is 11.2 Å². The molecule has 6 rings (SSSR count). The summed E-state index contributed by atoms with van der Waals surface area (Å²) in [6.07, 6.45) is 0.696.